The number of nitrogens with two attached hydrogens (primary N) is 1. The first-order valence-corrected chi connectivity index (χ1v) is 15.0. The number of nitrogens with zero attached hydrogens (tertiary/aromatic N) is 3. The van der Waals surface area contributed by atoms with Crippen molar-refractivity contribution in [2.75, 3.05) is 46.1 Å². The molecule has 1 aliphatic heterocycles. The van der Waals surface area contributed by atoms with Crippen LogP contribution in [-0.2, 0) is 31.7 Å². The molecule has 4 N–H and O–H groups in total. The number of rotatable bonds is 10. The Morgan fingerprint density at radius 2 is 1.89 bits per heavy atom. The lowest BCUT2D eigenvalue weighted by atomic mass is 9.75. The number of hydrogen-bond donors (Lipinski definition) is 3. The van der Waals surface area contributed by atoms with Gasteiger partial charge in [0.2, 0.25) is 0 Å². The van der Waals surface area contributed by atoms with Crippen molar-refractivity contribution in [3.8, 4) is 5.69 Å². The van der Waals surface area contributed by atoms with Gasteiger partial charge in [0.25, 0.3) is 5.91 Å². The van der Waals surface area contributed by atoms with E-state index in [0.717, 1.165) is 4.68 Å². The fourth-order valence-corrected chi connectivity index (χ4v) is 6.09. The summed E-state index contributed by atoms with van der Waals surface area (Å²) in [6.07, 6.45) is -5.69. The van der Waals surface area contributed by atoms with Crippen molar-refractivity contribution < 1.29 is 46.3 Å². The summed E-state index contributed by atoms with van der Waals surface area (Å²) < 4.78 is 54.6. The number of quaternary nitrogens is 1. The third-order valence-corrected chi connectivity index (χ3v) is 7.77. The number of carbonyl (C=O) groups is 4. The largest absolute Gasteiger partial charge is 0.461 e. The fourth-order valence-electron chi connectivity index (χ4n) is 6.09. The fraction of sp³-hybridized carbons (Fsp3) is 0.581. The monoisotopic (exact) mass is 651 g/mol. The maximum atomic E-state index is 14.0. The van der Waals surface area contributed by atoms with E-state index in [1.807, 2.05) is 21.1 Å². The molecule has 0 saturated carbocycles. The van der Waals surface area contributed by atoms with Gasteiger partial charge in [0, 0.05) is 44.6 Å². The number of Topliss-reactive ketones (excluding diaryl/α,β-unsaturated/α-hetero) is 1. The van der Waals surface area contributed by atoms with Crippen molar-refractivity contribution in [3.05, 3.63) is 40.7 Å². The number of ether oxygens (including phenoxy) is 2. The molecule has 1 saturated heterocycles. The number of piperidine rings is 1. The minimum Gasteiger partial charge on any atom is -0.461 e. The highest BCUT2D eigenvalue weighted by Gasteiger charge is 2.45. The summed E-state index contributed by atoms with van der Waals surface area (Å²) in [6, 6.07) is 3.94. The molecule has 4 rings (SSSR count). The van der Waals surface area contributed by atoms with Crippen molar-refractivity contribution in [2.24, 2.45) is 11.1 Å². The molecule has 2 heterocycles. The van der Waals surface area contributed by atoms with Crippen LogP contribution in [0.1, 0.15) is 72.1 Å². The first-order valence-electron chi connectivity index (χ1n) is 15.0. The first-order chi connectivity index (χ1) is 21.2. The molecule has 0 bridgehead atoms. The molecule has 0 spiro atoms. The van der Waals surface area contributed by atoms with Gasteiger partial charge in [-0.15, -0.1) is 0 Å². The number of aromatic nitrogens is 2. The Morgan fingerprint density at radius 3 is 2.50 bits per heavy atom. The SMILES string of the molecule is CC(=O)OC(CC(=O)OC1CNCC(Nc2cc(-n3nc(C(F)(F)F)c4c3CC(C)(C)CC4=O)ccc2C(N)=O)C1)C[N+](C)(C)C. The third-order valence-electron chi connectivity index (χ3n) is 7.77. The molecule has 3 unspecified atom stereocenters. The number of nitrogens with one attached hydrogen (secondary N) is 2. The van der Waals surface area contributed by atoms with Gasteiger partial charge in [0.1, 0.15) is 12.6 Å². The van der Waals surface area contributed by atoms with Gasteiger partial charge in [0.15, 0.2) is 17.6 Å². The number of hydrogen-bond acceptors (Lipinski definition) is 9. The molecule has 15 heteroatoms. The van der Waals surface area contributed by atoms with E-state index in [-0.39, 0.29) is 47.9 Å². The van der Waals surface area contributed by atoms with Crippen LogP contribution in [0.15, 0.2) is 18.2 Å². The Balaban J connectivity index is 1.56. The normalized spacial score (nSPS) is 20.4. The molecule has 1 fully saturated rings. The van der Waals surface area contributed by atoms with Crippen molar-refractivity contribution in [2.45, 2.75) is 70.9 Å². The highest BCUT2D eigenvalue weighted by Crippen LogP contribution is 2.42. The Kier molecular flexibility index (Phi) is 9.88. The number of esters is 2. The van der Waals surface area contributed by atoms with Crippen LogP contribution in [0.4, 0.5) is 18.9 Å². The number of likely N-dealkylation sites (N-methyl/N-ethyl adjacent to an activating group) is 1. The van der Waals surface area contributed by atoms with Gasteiger partial charge in [-0.25, -0.2) is 4.68 Å². The van der Waals surface area contributed by atoms with Gasteiger partial charge in [-0.2, -0.15) is 18.3 Å². The second-order valence-electron chi connectivity index (χ2n) is 13.9. The van der Waals surface area contributed by atoms with E-state index in [4.69, 9.17) is 15.2 Å². The van der Waals surface area contributed by atoms with Crippen LogP contribution in [0.25, 0.3) is 5.69 Å². The summed E-state index contributed by atoms with van der Waals surface area (Å²) in [5, 5.41) is 10.3. The van der Waals surface area contributed by atoms with Crippen LogP contribution in [0.3, 0.4) is 0 Å². The van der Waals surface area contributed by atoms with E-state index in [1.165, 1.54) is 25.1 Å². The van der Waals surface area contributed by atoms with Crippen LogP contribution in [0, 0.1) is 5.41 Å². The highest BCUT2D eigenvalue weighted by atomic mass is 19.4. The molecule has 1 aliphatic carbocycles. The third kappa shape index (κ3) is 8.63. The standard InChI is InChI=1S/C31H41F3N6O6/c1-17(41)45-21(16-40(4,5)6)11-26(43)46-20-9-18(14-36-15-20)37-23-10-19(7-8-22(23)29(35)44)39-24-12-30(2,3)13-25(42)27(24)28(38-39)31(32,33)34/h7-8,10,18,20-21,36H,9,11-16H2,1-6H3,(H2-,35,37,44)/p+1. The van der Waals surface area contributed by atoms with Gasteiger partial charge >= 0.3 is 18.1 Å². The van der Waals surface area contributed by atoms with E-state index in [0.29, 0.717) is 30.5 Å². The number of fused-ring (bicyclic) bond motifs is 1. The lowest BCUT2D eigenvalue weighted by Crippen LogP contribution is -2.48. The quantitative estimate of drug-likeness (QED) is 0.260. The van der Waals surface area contributed by atoms with Gasteiger partial charge in [0.05, 0.1) is 50.1 Å². The van der Waals surface area contributed by atoms with Crippen molar-refractivity contribution in [1.82, 2.24) is 15.1 Å². The summed E-state index contributed by atoms with van der Waals surface area (Å²) in [4.78, 5) is 49.6. The van der Waals surface area contributed by atoms with E-state index < -0.39 is 58.7 Å². The number of halogens is 3. The maximum absolute atomic E-state index is 14.0. The number of carbonyl (C=O) groups excluding carboxylic acids is 4. The second-order valence-corrected chi connectivity index (χ2v) is 13.9. The number of benzene rings is 1. The summed E-state index contributed by atoms with van der Waals surface area (Å²) in [5.41, 5.74) is 4.09. The Morgan fingerprint density at radius 1 is 1.20 bits per heavy atom. The Hall–Kier alpha value is -3.98. The van der Waals surface area contributed by atoms with E-state index in [9.17, 15) is 32.3 Å². The van der Waals surface area contributed by atoms with Crippen molar-refractivity contribution in [3.63, 3.8) is 0 Å². The molecular formula is C31H42F3N6O6+. The minimum absolute atomic E-state index is 0.0389. The molecule has 0 radical (unpaired) electrons. The first kappa shape index (κ1) is 34.9. The van der Waals surface area contributed by atoms with Gasteiger partial charge < -0.3 is 30.3 Å². The molecule has 46 heavy (non-hydrogen) atoms. The number of ketones is 1. The lowest BCUT2D eigenvalue weighted by molar-refractivity contribution is -0.873. The summed E-state index contributed by atoms with van der Waals surface area (Å²) in [5.74, 6) is -2.41. The summed E-state index contributed by atoms with van der Waals surface area (Å²) in [6.45, 7) is 6.09. The molecule has 12 nitrogen and oxygen atoms in total. The van der Waals surface area contributed by atoms with Crippen LogP contribution in [0.2, 0.25) is 0 Å². The Labute approximate surface area is 265 Å². The van der Waals surface area contributed by atoms with E-state index in [1.54, 1.807) is 13.8 Å². The van der Waals surface area contributed by atoms with Crippen LogP contribution in [0.5, 0.6) is 0 Å². The van der Waals surface area contributed by atoms with Crippen LogP contribution >= 0.6 is 0 Å². The minimum atomic E-state index is -4.84. The van der Waals surface area contributed by atoms with Crippen molar-refractivity contribution in [1.29, 1.82) is 0 Å². The zero-order valence-electron chi connectivity index (χ0n) is 26.9. The molecular weight excluding hydrogens is 609 g/mol. The molecule has 2 aliphatic rings. The van der Waals surface area contributed by atoms with E-state index >= 15 is 0 Å². The van der Waals surface area contributed by atoms with Crippen LogP contribution < -0.4 is 16.4 Å². The van der Waals surface area contributed by atoms with Crippen molar-refractivity contribution >= 4 is 29.3 Å². The average Bonchev–Trinajstić information content (AvgIpc) is 3.26. The summed E-state index contributed by atoms with van der Waals surface area (Å²) >= 11 is 0. The average molecular weight is 652 g/mol. The predicted molar refractivity (Wildman–Crippen MR) is 161 cm³/mol. The molecule has 2 aromatic rings. The predicted octanol–water partition coefficient (Wildman–Crippen LogP) is 2.86. The number of primary amides is 1. The Bertz CT molecular complexity index is 1510. The van der Waals surface area contributed by atoms with Gasteiger partial charge in [-0.3, -0.25) is 19.2 Å². The zero-order chi connectivity index (χ0) is 34.2. The van der Waals surface area contributed by atoms with Crippen LogP contribution in [-0.4, -0.2) is 96.9 Å². The molecule has 1 aromatic carbocycles. The number of alkyl halides is 3. The second kappa shape index (κ2) is 13.0. The van der Waals surface area contributed by atoms with Gasteiger partial charge in [-0.1, -0.05) is 13.8 Å². The van der Waals surface area contributed by atoms with E-state index in [2.05, 4.69) is 15.7 Å². The zero-order valence-corrected chi connectivity index (χ0v) is 26.9. The smallest absolute Gasteiger partial charge is 0.435 e. The summed E-state index contributed by atoms with van der Waals surface area (Å²) in [7, 11) is 5.74. The molecule has 1 aromatic heterocycles. The molecule has 3 atom stereocenters. The molecule has 252 valence electrons. The number of amides is 1. The topological polar surface area (TPSA) is 155 Å². The molecule has 1 amide bonds. The maximum Gasteiger partial charge on any atom is 0.435 e. The lowest BCUT2D eigenvalue weighted by Gasteiger charge is -2.32. The highest BCUT2D eigenvalue weighted by molar-refractivity contribution is 6.00. The van der Waals surface area contributed by atoms with Gasteiger partial charge in [-0.05, 0) is 30.0 Å². The number of anilines is 1.